The number of hydrogen-bond donors (Lipinski definition) is 2. The zero-order chi connectivity index (χ0) is 17.5. The van der Waals surface area contributed by atoms with Crippen LogP contribution in [0.4, 0.5) is 10.1 Å². The molecule has 0 spiro atoms. The minimum Gasteiger partial charge on any atom is -0.495 e. The van der Waals surface area contributed by atoms with E-state index in [0.717, 1.165) is 0 Å². The Balaban J connectivity index is 2.04. The number of carbonyl (C=O) groups is 2. The lowest BCUT2D eigenvalue weighted by molar-refractivity contribution is -0.118. The smallest absolute Gasteiger partial charge is 0.262 e. The Kier molecular flexibility index (Phi) is 5.73. The van der Waals surface area contributed by atoms with E-state index in [2.05, 4.69) is 10.6 Å². The van der Waals surface area contributed by atoms with Crippen molar-refractivity contribution in [1.82, 2.24) is 5.32 Å². The van der Waals surface area contributed by atoms with Gasteiger partial charge in [0.2, 0.25) is 0 Å². The van der Waals surface area contributed by atoms with Gasteiger partial charge in [-0.1, -0.05) is 0 Å². The Morgan fingerprint density at radius 1 is 1.12 bits per heavy atom. The number of ether oxygens (including phenoxy) is 2. The standard InChI is InChI=1S/C17H17FN2O4/c1-19-17(22)11-3-8-15(23-2)14(9-11)20-16(21)10-24-13-6-4-12(18)5-7-13/h3-9H,10H2,1-2H3,(H,19,22)(H,20,21). The highest BCUT2D eigenvalue weighted by Gasteiger charge is 2.12. The van der Waals surface area contributed by atoms with E-state index < -0.39 is 5.91 Å². The van der Waals surface area contributed by atoms with Crippen molar-refractivity contribution in [3.05, 3.63) is 53.8 Å². The van der Waals surface area contributed by atoms with Crippen LogP contribution in [0.25, 0.3) is 0 Å². The van der Waals surface area contributed by atoms with Crippen molar-refractivity contribution < 1.29 is 23.5 Å². The normalized spacial score (nSPS) is 9.96. The van der Waals surface area contributed by atoms with Crippen LogP contribution in [0.1, 0.15) is 10.4 Å². The molecule has 2 aromatic carbocycles. The average Bonchev–Trinajstić information content (AvgIpc) is 2.60. The van der Waals surface area contributed by atoms with E-state index in [4.69, 9.17) is 9.47 Å². The highest BCUT2D eigenvalue weighted by Crippen LogP contribution is 2.25. The molecule has 2 N–H and O–H groups in total. The molecule has 6 nitrogen and oxygen atoms in total. The number of anilines is 1. The highest BCUT2D eigenvalue weighted by atomic mass is 19.1. The number of rotatable bonds is 6. The molecule has 0 saturated heterocycles. The number of amides is 2. The number of benzene rings is 2. The third-order valence-electron chi connectivity index (χ3n) is 3.15. The second-order valence-corrected chi connectivity index (χ2v) is 4.78. The third-order valence-corrected chi connectivity index (χ3v) is 3.15. The molecule has 0 aliphatic rings. The lowest BCUT2D eigenvalue weighted by atomic mass is 10.1. The van der Waals surface area contributed by atoms with Crippen LogP contribution in [-0.2, 0) is 4.79 Å². The van der Waals surface area contributed by atoms with E-state index in [1.54, 1.807) is 12.1 Å². The van der Waals surface area contributed by atoms with Gasteiger partial charge < -0.3 is 20.1 Å². The molecule has 126 valence electrons. The van der Waals surface area contributed by atoms with Gasteiger partial charge in [0.25, 0.3) is 11.8 Å². The zero-order valence-corrected chi connectivity index (χ0v) is 13.3. The van der Waals surface area contributed by atoms with Gasteiger partial charge in [-0.05, 0) is 42.5 Å². The van der Waals surface area contributed by atoms with Crippen molar-refractivity contribution in [2.75, 3.05) is 26.1 Å². The molecule has 0 saturated carbocycles. The van der Waals surface area contributed by atoms with Crippen LogP contribution in [-0.4, -0.2) is 32.6 Å². The van der Waals surface area contributed by atoms with Gasteiger partial charge in [0.15, 0.2) is 6.61 Å². The fraction of sp³-hybridized carbons (Fsp3) is 0.176. The third kappa shape index (κ3) is 4.45. The predicted octanol–water partition coefficient (Wildman–Crippen LogP) is 2.21. The number of carbonyl (C=O) groups excluding carboxylic acids is 2. The van der Waals surface area contributed by atoms with E-state index >= 15 is 0 Å². The molecule has 7 heteroatoms. The van der Waals surface area contributed by atoms with Crippen molar-refractivity contribution in [3.8, 4) is 11.5 Å². The van der Waals surface area contributed by atoms with E-state index in [-0.39, 0.29) is 18.3 Å². The Morgan fingerprint density at radius 3 is 2.46 bits per heavy atom. The number of hydrogen-bond acceptors (Lipinski definition) is 4. The zero-order valence-electron chi connectivity index (χ0n) is 13.3. The van der Waals surface area contributed by atoms with Crippen LogP contribution in [0.2, 0.25) is 0 Å². The first-order valence-electron chi connectivity index (χ1n) is 7.12. The van der Waals surface area contributed by atoms with Crippen LogP contribution in [0.5, 0.6) is 11.5 Å². The molecule has 0 aromatic heterocycles. The molecular formula is C17H17FN2O4. The molecule has 0 heterocycles. The molecule has 24 heavy (non-hydrogen) atoms. The first kappa shape index (κ1) is 17.3. The molecule has 0 aliphatic heterocycles. The van der Waals surface area contributed by atoms with Gasteiger partial charge in [0.05, 0.1) is 12.8 Å². The van der Waals surface area contributed by atoms with Crippen LogP contribution >= 0.6 is 0 Å². The monoisotopic (exact) mass is 332 g/mol. The Labute approximate surface area is 138 Å². The van der Waals surface area contributed by atoms with Gasteiger partial charge in [0.1, 0.15) is 17.3 Å². The van der Waals surface area contributed by atoms with E-state index in [0.29, 0.717) is 22.7 Å². The topological polar surface area (TPSA) is 76.7 Å². The van der Waals surface area contributed by atoms with Gasteiger partial charge in [-0.25, -0.2) is 4.39 Å². The molecule has 0 atom stereocenters. The van der Waals surface area contributed by atoms with Crippen LogP contribution < -0.4 is 20.1 Å². The Morgan fingerprint density at radius 2 is 1.83 bits per heavy atom. The summed E-state index contributed by atoms with van der Waals surface area (Å²) in [5, 5.41) is 5.12. The minimum atomic E-state index is -0.438. The molecule has 2 aromatic rings. The van der Waals surface area contributed by atoms with Crippen molar-refractivity contribution >= 4 is 17.5 Å². The quantitative estimate of drug-likeness (QED) is 0.850. The molecule has 2 amide bonds. The summed E-state index contributed by atoms with van der Waals surface area (Å²) in [7, 11) is 2.97. The van der Waals surface area contributed by atoms with Gasteiger partial charge >= 0.3 is 0 Å². The van der Waals surface area contributed by atoms with Crippen molar-refractivity contribution in [1.29, 1.82) is 0 Å². The van der Waals surface area contributed by atoms with Crippen molar-refractivity contribution in [3.63, 3.8) is 0 Å². The Hall–Kier alpha value is -3.09. The molecule has 0 aliphatic carbocycles. The average molecular weight is 332 g/mol. The minimum absolute atomic E-state index is 0.265. The van der Waals surface area contributed by atoms with E-state index in [1.165, 1.54) is 44.5 Å². The summed E-state index contributed by atoms with van der Waals surface area (Å²) in [4.78, 5) is 23.7. The number of halogens is 1. The summed E-state index contributed by atoms with van der Waals surface area (Å²) in [6, 6.07) is 10.0. The first-order valence-corrected chi connectivity index (χ1v) is 7.12. The van der Waals surface area contributed by atoms with Gasteiger partial charge in [-0.2, -0.15) is 0 Å². The lowest BCUT2D eigenvalue weighted by Gasteiger charge is -2.12. The molecule has 2 rings (SSSR count). The van der Waals surface area contributed by atoms with Crippen LogP contribution in [0, 0.1) is 5.82 Å². The van der Waals surface area contributed by atoms with Crippen LogP contribution in [0.3, 0.4) is 0 Å². The molecule has 0 fully saturated rings. The number of methoxy groups -OCH3 is 1. The maximum Gasteiger partial charge on any atom is 0.262 e. The van der Waals surface area contributed by atoms with Gasteiger partial charge in [-0.3, -0.25) is 9.59 Å². The predicted molar refractivity (Wildman–Crippen MR) is 86.9 cm³/mol. The van der Waals surface area contributed by atoms with Crippen molar-refractivity contribution in [2.45, 2.75) is 0 Å². The molecular weight excluding hydrogens is 315 g/mol. The summed E-state index contributed by atoms with van der Waals surface area (Å²) in [5.41, 5.74) is 0.736. The second kappa shape index (κ2) is 7.96. The number of nitrogens with one attached hydrogen (secondary N) is 2. The van der Waals surface area contributed by atoms with E-state index in [9.17, 15) is 14.0 Å². The maximum atomic E-state index is 12.8. The fourth-order valence-electron chi connectivity index (χ4n) is 1.96. The Bertz CT molecular complexity index is 732. The summed E-state index contributed by atoms with van der Waals surface area (Å²) >= 11 is 0. The second-order valence-electron chi connectivity index (χ2n) is 4.78. The first-order chi connectivity index (χ1) is 11.5. The SMILES string of the molecule is CNC(=O)c1ccc(OC)c(NC(=O)COc2ccc(F)cc2)c1. The maximum absolute atomic E-state index is 12.8. The largest absolute Gasteiger partial charge is 0.495 e. The van der Waals surface area contributed by atoms with Crippen LogP contribution in [0.15, 0.2) is 42.5 Å². The van der Waals surface area contributed by atoms with E-state index in [1.807, 2.05) is 0 Å². The molecule has 0 bridgehead atoms. The van der Waals surface area contributed by atoms with Gasteiger partial charge in [-0.15, -0.1) is 0 Å². The summed E-state index contributed by atoms with van der Waals surface area (Å²) in [5.74, 6) is -0.319. The highest BCUT2D eigenvalue weighted by molar-refractivity contribution is 5.98. The summed E-state index contributed by atoms with van der Waals surface area (Å²) in [6.07, 6.45) is 0. The molecule has 0 radical (unpaired) electrons. The molecule has 0 unspecified atom stereocenters. The summed E-state index contributed by atoms with van der Waals surface area (Å²) < 4.78 is 23.2. The fourth-order valence-corrected chi connectivity index (χ4v) is 1.96. The van der Waals surface area contributed by atoms with Gasteiger partial charge in [0, 0.05) is 12.6 Å². The van der Waals surface area contributed by atoms with Crippen molar-refractivity contribution in [2.24, 2.45) is 0 Å². The summed E-state index contributed by atoms with van der Waals surface area (Å²) in [6.45, 7) is -0.265. The lowest BCUT2D eigenvalue weighted by Crippen LogP contribution is -2.22.